The van der Waals surface area contributed by atoms with Crippen molar-refractivity contribution in [1.29, 1.82) is 0 Å². The number of primary amides is 1. The van der Waals surface area contributed by atoms with Crippen molar-refractivity contribution in [3.05, 3.63) is 0 Å². The number of hydrogen-bond acceptors (Lipinski definition) is 4. The molecule has 6 heteroatoms. The molecule has 0 aromatic rings. The van der Waals surface area contributed by atoms with Gasteiger partial charge in [0.25, 0.3) is 0 Å². The predicted molar refractivity (Wildman–Crippen MR) is 92.8 cm³/mol. The molecule has 0 aromatic carbocycles. The Labute approximate surface area is 140 Å². The Morgan fingerprint density at radius 1 is 0.957 bits per heavy atom. The fraction of sp³-hybridized carbons (Fsp3) is 0.882. The van der Waals surface area contributed by atoms with Crippen molar-refractivity contribution in [2.45, 2.75) is 90.0 Å². The van der Waals surface area contributed by atoms with Crippen molar-refractivity contribution in [3.8, 4) is 0 Å². The highest BCUT2D eigenvalue weighted by Gasteiger charge is 2.16. The van der Waals surface area contributed by atoms with Crippen LogP contribution < -0.4 is 16.6 Å². The summed E-state index contributed by atoms with van der Waals surface area (Å²) in [6.45, 7) is 2.97. The number of unbranched alkanes of at least 4 members (excludes halogenated alkanes) is 9. The normalized spacial score (nSPS) is 12.2. The van der Waals surface area contributed by atoms with Crippen LogP contribution in [0, 0.1) is 0 Å². The second-order valence-corrected chi connectivity index (χ2v) is 6.15. The summed E-state index contributed by atoms with van der Waals surface area (Å²) in [7, 11) is 0. The maximum absolute atomic E-state index is 11.0. The quantitative estimate of drug-likeness (QED) is 0.243. The zero-order chi connectivity index (χ0) is 17.3. The van der Waals surface area contributed by atoms with E-state index in [1.54, 1.807) is 0 Å². The highest BCUT2D eigenvalue weighted by atomic mass is 16.4. The molecule has 0 fully saturated rings. The molecule has 5 N–H and O–H groups in total. The molecule has 0 heterocycles. The van der Waals surface area contributed by atoms with Gasteiger partial charge in [0.2, 0.25) is 5.91 Å². The lowest BCUT2D eigenvalue weighted by Crippen LogP contribution is -2.46. The van der Waals surface area contributed by atoms with Crippen LogP contribution in [0.5, 0.6) is 0 Å². The Balaban J connectivity index is 3.39. The maximum atomic E-state index is 11.0. The first-order valence-electron chi connectivity index (χ1n) is 9.07. The monoisotopic (exact) mass is 329 g/mol. The molecule has 1 unspecified atom stereocenters. The van der Waals surface area contributed by atoms with Crippen LogP contribution in [0.4, 0.5) is 0 Å². The van der Waals surface area contributed by atoms with E-state index < -0.39 is 17.9 Å². The number of carbonyl (C=O) groups excluding carboxylic acids is 1. The van der Waals surface area contributed by atoms with Crippen LogP contribution in [0.25, 0.3) is 0 Å². The molecule has 0 radical (unpaired) electrons. The van der Waals surface area contributed by atoms with Gasteiger partial charge in [-0.3, -0.25) is 15.0 Å². The Hall–Kier alpha value is -1.14. The lowest BCUT2D eigenvalue weighted by Gasteiger charge is -2.14. The number of amides is 1. The van der Waals surface area contributed by atoms with Crippen LogP contribution in [0.1, 0.15) is 84.0 Å². The summed E-state index contributed by atoms with van der Waals surface area (Å²) < 4.78 is 0. The predicted octanol–water partition coefficient (Wildman–Crippen LogP) is 2.72. The molecule has 0 aliphatic heterocycles. The van der Waals surface area contributed by atoms with E-state index in [1.165, 1.54) is 51.4 Å². The Morgan fingerprint density at radius 2 is 1.48 bits per heavy atom. The van der Waals surface area contributed by atoms with Gasteiger partial charge in [0, 0.05) is 13.0 Å². The number of nitrogens with one attached hydrogen (secondary N) is 2. The first-order chi connectivity index (χ1) is 11.1. The first-order valence-corrected chi connectivity index (χ1v) is 9.07. The SMILES string of the molecule is CCCCCCCCCCCCNNC(CCC(N)=O)C(=O)O. The van der Waals surface area contributed by atoms with E-state index in [0.717, 1.165) is 19.4 Å². The van der Waals surface area contributed by atoms with Crippen LogP contribution in [-0.4, -0.2) is 29.6 Å². The number of carboxylic acids is 1. The summed E-state index contributed by atoms with van der Waals surface area (Å²) in [5, 5.41) is 9.01. The van der Waals surface area contributed by atoms with Gasteiger partial charge >= 0.3 is 5.97 Å². The van der Waals surface area contributed by atoms with Gasteiger partial charge in [-0.1, -0.05) is 64.7 Å². The number of rotatable bonds is 17. The molecule has 0 rings (SSSR count). The van der Waals surface area contributed by atoms with Crippen molar-refractivity contribution in [3.63, 3.8) is 0 Å². The largest absolute Gasteiger partial charge is 0.480 e. The summed E-state index contributed by atoms with van der Waals surface area (Å²) >= 11 is 0. The van der Waals surface area contributed by atoms with Gasteiger partial charge < -0.3 is 10.8 Å². The molecule has 1 amide bonds. The number of carboxylic acid groups (broad SMARTS) is 1. The third-order valence-corrected chi connectivity index (χ3v) is 3.91. The van der Waals surface area contributed by atoms with Crippen LogP contribution in [0.2, 0.25) is 0 Å². The van der Waals surface area contributed by atoms with Crippen LogP contribution >= 0.6 is 0 Å². The van der Waals surface area contributed by atoms with E-state index in [9.17, 15) is 9.59 Å². The van der Waals surface area contributed by atoms with Gasteiger partial charge in [0.05, 0.1) is 0 Å². The molecule has 0 aliphatic carbocycles. The zero-order valence-electron chi connectivity index (χ0n) is 14.6. The lowest BCUT2D eigenvalue weighted by molar-refractivity contribution is -0.140. The van der Waals surface area contributed by atoms with Crippen LogP contribution in [0.15, 0.2) is 0 Å². The van der Waals surface area contributed by atoms with Crippen molar-refractivity contribution in [2.75, 3.05) is 6.54 Å². The molecule has 0 saturated carbocycles. The van der Waals surface area contributed by atoms with Crippen molar-refractivity contribution >= 4 is 11.9 Å². The third-order valence-electron chi connectivity index (χ3n) is 3.91. The van der Waals surface area contributed by atoms with Crippen molar-refractivity contribution in [2.24, 2.45) is 5.73 Å². The molecule has 136 valence electrons. The summed E-state index contributed by atoms with van der Waals surface area (Å²) in [5.41, 5.74) is 10.7. The molecular formula is C17H35N3O3. The molecule has 1 atom stereocenters. The molecule has 0 saturated heterocycles. The minimum atomic E-state index is -0.971. The second-order valence-electron chi connectivity index (χ2n) is 6.15. The van der Waals surface area contributed by atoms with Gasteiger partial charge in [-0.25, -0.2) is 5.43 Å². The molecule has 0 aromatic heterocycles. The minimum absolute atomic E-state index is 0.0733. The van der Waals surface area contributed by atoms with Gasteiger partial charge in [-0.15, -0.1) is 0 Å². The van der Waals surface area contributed by atoms with Crippen LogP contribution in [0.3, 0.4) is 0 Å². The van der Waals surface area contributed by atoms with E-state index in [0.29, 0.717) is 0 Å². The average Bonchev–Trinajstić information content (AvgIpc) is 2.50. The minimum Gasteiger partial charge on any atom is -0.480 e. The van der Waals surface area contributed by atoms with Gasteiger partial charge in [0.15, 0.2) is 0 Å². The number of hydrazine groups is 1. The summed E-state index contributed by atoms with van der Waals surface area (Å²) in [5.74, 6) is -1.45. The lowest BCUT2D eigenvalue weighted by atomic mass is 10.1. The highest BCUT2D eigenvalue weighted by Crippen LogP contribution is 2.10. The smallest absolute Gasteiger partial charge is 0.322 e. The highest BCUT2D eigenvalue weighted by molar-refractivity contribution is 5.77. The third kappa shape index (κ3) is 15.5. The Kier molecular flexibility index (Phi) is 15.0. The molecule has 6 nitrogen and oxygen atoms in total. The first kappa shape index (κ1) is 21.9. The number of aliphatic carboxylic acids is 1. The second kappa shape index (κ2) is 15.7. The summed E-state index contributed by atoms with van der Waals surface area (Å²) in [6, 6.07) is -0.773. The van der Waals surface area contributed by atoms with E-state index in [2.05, 4.69) is 17.8 Å². The standard InChI is InChI=1S/C17H35N3O3/c1-2-3-4-5-6-7-8-9-10-11-14-19-20-15(17(22)23)12-13-16(18)21/h15,19-20H,2-14H2,1H3,(H2,18,21)(H,22,23). The summed E-state index contributed by atoms with van der Waals surface area (Å²) in [6.07, 6.45) is 13.0. The van der Waals surface area contributed by atoms with Gasteiger partial charge in [-0.2, -0.15) is 0 Å². The topological polar surface area (TPSA) is 104 Å². The van der Waals surface area contributed by atoms with Crippen LogP contribution in [-0.2, 0) is 9.59 Å². The number of carbonyl (C=O) groups is 2. The fourth-order valence-corrected chi connectivity index (χ4v) is 2.44. The Bertz CT molecular complexity index is 311. The zero-order valence-corrected chi connectivity index (χ0v) is 14.6. The number of hydrogen-bond donors (Lipinski definition) is 4. The molecule has 23 heavy (non-hydrogen) atoms. The molecular weight excluding hydrogens is 294 g/mol. The molecule has 0 spiro atoms. The van der Waals surface area contributed by atoms with Crippen molar-refractivity contribution < 1.29 is 14.7 Å². The summed E-state index contributed by atoms with van der Waals surface area (Å²) in [4.78, 5) is 21.7. The van der Waals surface area contributed by atoms with Gasteiger partial charge in [0.1, 0.15) is 6.04 Å². The molecule has 0 aliphatic rings. The maximum Gasteiger partial charge on any atom is 0.322 e. The van der Waals surface area contributed by atoms with E-state index >= 15 is 0 Å². The fourth-order valence-electron chi connectivity index (χ4n) is 2.44. The van der Waals surface area contributed by atoms with E-state index in [4.69, 9.17) is 10.8 Å². The van der Waals surface area contributed by atoms with E-state index in [1.807, 2.05) is 0 Å². The average molecular weight is 329 g/mol. The van der Waals surface area contributed by atoms with Gasteiger partial charge in [-0.05, 0) is 12.8 Å². The van der Waals surface area contributed by atoms with E-state index in [-0.39, 0.29) is 12.8 Å². The number of nitrogens with two attached hydrogens (primary N) is 1. The Morgan fingerprint density at radius 3 is 1.96 bits per heavy atom. The molecule has 0 bridgehead atoms. The van der Waals surface area contributed by atoms with Crippen molar-refractivity contribution in [1.82, 2.24) is 10.9 Å².